The minimum Gasteiger partial charge on any atom is -0.370 e. The molecule has 0 bridgehead atoms. The lowest BCUT2D eigenvalue weighted by molar-refractivity contribution is 0.861. The molecule has 1 N–H and O–H groups in total. The van der Waals surface area contributed by atoms with Gasteiger partial charge in [-0.2, -0.15) is 0 Å². The Morgan fingerprint density at radius 3 is 2.67 bits per heavy atom. The largest absolute Gasteiger partial charge is 0.370 e. The third-order valence-electron chi connectivity index (χ3n) is 3.13. The van der Waals surface area contributed by atoms with Gasteiger partial charge in [0.15, 0.2) is 0 Å². The van der Waals surface area contributed by atoms with E-state index in [4.69, 9.17) is 16.6 Å². The summed E-state index contributed by atoms with van der Waals surface area (Å²) >= 11 is 6.27. The molecule has 0 saturated carbocycles. The Kier molecular flexibility index (Phi) is 3.76. The monoisotopic (exact) mass is 262 g/mol. The van der Waals surface area contributed by atoms with Gasteiger partial charge in [-0.1, -0.05) is 31.5 Å². The molecule has 2 nitrogen and oxygen atoms in total. The molecule has 0 spiro atoms. The zero-order valence-corrected chi connectivity index (χ0v) is 12.1. The van der Waals surface area contributed by atoms with Crippen molar-refractivity contribution in [2.24, 2.45) is 0 Å². The van der Waals surface area contributed by atoms with Gasteiger partial charge in [-0.05, 0) is 43.0 Å². The van der Waals surface area contributed by atoms with Gasteiger partial charge in [0, 0.05) is 17.0 Å². The number of fused-ring (bicyclic) bond motifs is 1. The molecule has 0 atom stereocenters. The first-order valence-electron chi connectivity index (χ1n) is 6.38. The highest BCUT2D eigenvalue weighted by molar-refractivity contribution is 6.35. The van der Waals surface area contributed by atoms with Crippen LogP contribution in [0, 0.1) is 6.92 Å². The van der Waals surface area contributed by atoms with Crippen molar-refractivity contribution in [2.45, 2.75) is 33.6 Å². The number of hydrogen-bond donors (Lipinski definition) is 1. The number of anilines is 1. The fraction of sp³-hybridized carbons (Fsp3) is 0.400. The molecule has 3 heteroatoms. The minimum atomic E-state index is 0.424. The first-order chi connectivity index (χ1) is 8.54. The third-order valence-corrected chi connectivity index (χ3v) is 3.46. The lowest BCUT2D eigenvalue weighted by atomic mass is 10.0. The van der Waals surface area contributed by atoms with E-state index in [-0.39, 0.29) is 0 Å². The van der Waals surface area contributed by atoms with Crippen LogP contribution in [0.1, 0.15) is 37.8 Å². The molecule has 0 aliphatic carbocycles. The van der Waals surface area contributed by atoms with Crippen LogP contribution in [0.25, 0.3) is 10.9 Å². The van der Waals surface area contributed by atoms with Crippen molar-refractivity contribution in [1.29, 1.82) is 0 Å². The second-order valence-electron chi connectivity index (χ2n) is 4.87. The van der Waals surface area contributed by atoms with Gasteiger partial charge >= 0.3 is 0 Å². The van der Waals surface area contributed by atoms with Gasteiger partial charge < -0.3 is 5.32 Å². The van der Waals surface area contributed by atoms with Crippen molar-refractivity contribution < 1.29 is 0 Å². The van der Waals surface area contributed by atoms with Gasteiger partial charge in [-0.15, -0.1) is 0 Å². The van der Waals surface area contributed by atoms with E-state index >= 15 is 0 Å². The van der Waals surface area contributed by atoms with Crippen LogP contribution < -0.4 is 5.32 Å². The predicted octanol–water partition coefficient (Wildman–Crippen LogP) is 4.75. The van der Waals surface area contributed by atoms with Crippen LogP contribution in [0.3, 0.4) is 0 Å². The topological polar surface area (TPSA) is 24.9 Å². The summed E-state index contributed by atoms with van der Waals surface area (Å²) in [5.74, 6) is 1.40. The molecule has 1 aromatic carbocycles. The van der Waals surface area contributed by atoms with Crippen molar-refractivity contribution in [3.8, 4) is 0 Å². The molecule has 0 aliphatic heterocycles. The summed E-state index contributed by atoms with van der Waals surface area (Å²) < 4.78 is 0. The van der Waals surface area contributed by atoms with Gasteiger partial charge in [-0.25, -0.2) is 4.98 Å². The fourth-order valence-electron chi connectivity index (χ4n) is 2.13. The van der Waals surface area contributed by atoms with Crippen molar-refractivity contribution >= 4 is 28.3 Å². The Morgan fingerprint density at radius 2 is 2.06 bits per heavy atom. The Bertz CT molecular complexity index is 576. The van der Waals surface area contributed by atoms with Crippen LogP contribution >= 0.6 is 11.6 Å². The highest BCUT2D eigenvalue weighted by atomic mass is 35.5. The number of benzene rings is 1. The Balaban J connectivity index is 2.75. The summed E-state index contributed by atoms with van der Waals surface area (Å²) in [5.41, 5.74) is 3.36. The van der Waals surface area contributed by atoms with Crippen LogP contribution in [0.4, 0.5) is 5.82 Å². The molecular weight excluding hydrogens is 244 g/mol. The van der Waals surface area contributed by atoms with Gasteiger partial charge in [0.25, 0.3) is 0 Å². The van der Waals surface area contributed by atoms with Crippen molar-refractivity contribution in [3.05, 3.63) is 34.3 Å². The summed E-state index contributed by atoms with van der Waals surface area (Å²) in [7, 11) is 0. The third kappa shape index (κ3) is 2.30. The van der Waals surface area contributed by atoms with E-state index in [1.807, 2.05) is 12.1 Å². The molecule has 0 amide bonds. The van der Waals surface area contributed by atoms with E-state index in [0.29, 0.717) is 5.92 Å². The van der Waals surface area contributed by atoms with E-state index in [9.17, 15) is 0 Å². The maximum Gasteiger partial charge on any atom is 0.130 e. The molecule has 1 aromatic heterocycles. The molecule has 0 radical (unpaired) electrons. The molecule has 2 aromatic rings. The quantitative estimate of drug-likeness (QED) is 0.863. The molecule has 1 heterocycles. The summed E-state index contributed by atoms with van der Waals surface area (Å²) in [6.07, 6.45) is 0. The van der Waals surface area contributed by atoms with Crippen LogP contribution in [0.2, 0.25) is 5.02 Å². The number of rotatable bonds is 3. The molecule has 2 rings (SSSR count). The lowest BCUT2D eigenvalue weighted by Gasteiger charge is -2.15. The normalized spacial score (nSPS) is 11.2. The number of halogens is 1. The van der Waals surface area contributed by atoms with Crippen LogP contribution in [0.15, 0.2) is 18.2 Å². The fourth-order valence-corrected chi connectivity index (χ4v) is 2.33. The Hall–Kier alpha value is -1.28. The van der Waals surface area contributed by atoms with Gasteiger partial charge in [0.05, 0.1) is 5.52 Å². The van der Waals surface area contributed by atoms with Crippen molar-refractivity contribution in [1.82, 2.24) is 4.98 Å². The summed E-state index contributed by atoms with van der Waals surface area (Å²) in [5, 5.41) is 5.16. The summed E-state index contributed by atoms with van der Waals surface area (Å²) in [4.78, 5) is 4.75. The molecule has 0 aliphatic rings. The summed E-state index contributed by atoms with van der Waals surface area (Å²) in [6, 6.07) is 6.13. The van der Waals surface area contributed by atoms with E-state index in [1.54, 1.807) is 0 Å². The zero-order valence-electron chi connectivity index (χ0n) is 11.3. The van der Waals surface area contributed by atoms with Gasteiger partial charge in [0.1, 0.15) is 5.82 Å². The zero-order chi connectivity index (χ0) is 13.3. The minimum absolute atomic E-state index is 0.424. The molecule has 0 fully saturated rings. The maximum absolute atomic E-state index is 6.27. The van der Waals surface area contributed by atoms with Crippen LogP contribution in [0.5, 0.6) is 0 Å². The highest BCUT2D eigenvalue weighted by Gasteiger charge is 2.12. The molecule has 0 unspecified atom stereocenters. The number of aryl methyl sites for hydroxylation is 1. The van der Waals surface area contributed by atoms with Crippen LogP contribution in [-0.4, -0.2) is 11.5 Å². The maximum atomic E-state index is 6.27. The van der Waals surface area contributed by atoms with Gasteiger partial charge in [0.2, 0.25) is 0 Å². The first-order valence-corrected chi connectivity index (χ1v) is 6.76. The van der Waals surface area contributed by atoms with Gasteiger partial charge in [-0.3, -0.25) is 0 Å². The van der Waals surface area contributed by atoms with Crippen molar-refractivity contribution in [3.63, 3.8) is 0 Å². The van der Waals surface area contributed by atoms with E-state index < -0.39 is 0 Å². The summed E-state index contributed by atoms with van der Waals surface area (Å²) in [6.45, 7) is 9.37. The average Bonchev–Trinajstić information content (AvgIpc) is 2.34. The van der Waals surface area contributed by atoms with Crippen molar-refractivity contribution in [2.75, 3.05) is 11.9 Å². The number of aromatic nitrogens is 1. The lowest BCUT2D eigenvalue weighted by Crippen LogP contribution is -2.05. The van der Waals surface area contributed by atoms with Crippen LogP contribution in [-0.2, 0) is 0 Å². The van der Waals surface area contributed by atoms with E-state index in [1.165, 1.54) is 5.56 Å². The standard InChI is InChI=1S/C15H19ClN2/c1-5-17-15-11(9(2)3)8-12-13(16)7-6-10(4)14(12)18-15/h6-9H,5H2,1-4H3,(H,17,18). The van der Waals surface area contributed by atoms with E-state index in [0.717, 1.165) is 33.9 Å². The average molecular weight is 263 g/mol. The second-order valence-corrected chi connectivity index (χ2v) is 5.28. The molecule has 96 valence electrons. The highest BCUT2D eigenvalue weighted by Crippen LogP contribution is 2.32. The number of nitrogens with zero attached hydrogens (tertiary/aromatic N) is 1. The second kappa shape index (κ2) is 5.15. The Labute approximate surface area is 113 Å². The smallest absolute Gasteiger partial charge is 0.130 e. The first kappa shape index (κ1) is 13.2. The Morgan fingerprint density at radius 1 is 1.33 bits per heavy atom. The SMILES string of the molecule is CCNc1nc2c(C)ccc(Cl)c2cc1C(C)C. The number of nitrogens with one attached hydrogen (secondary N) is 1. The predicted molar refractivity (Wildman–Crippen MR) is 79.7 cm³/mol. The van der Waals surface area contributed by atoms with E-state index in [2.05, 4.69) is 39.1 Å². The number of pyridine rings is 1. The molecule has 0 saturated heterocycles. The molecular formula is C15H19ClN2. The molecule has 18 heavy (non-hydrogen) atoms. The number of hydrogen-bond acceptors (Lipinski definition) is 2.